The van der Waals surface area contributed by atoms with Gasteiger partial charge in [-0.1, -0.05) is 71.1 Å². The van der Waals surface area contributed by atoms with Crippen molar-refractivity contribution in [1.82, 2.24) is 4.98 Å². The van der Waals surface area contributed by atoms with Crippen LogP contribution in [0, 0.1) is 6.92 Å². The van der Waals surface area contributed by atoms with Gasteiger partial charge in [0, 0.05) is 11.3 Å². The maximum absolute atomic E-state index is 12.1. The molecule has 0 bridgehead atoms. The topological polar surface area (TPSA) is 42.0 Å². The summed E-state index contributed by atoms with van der Waals surface area (Å²) in [5, 5.41) is 3.54. The second-order valence-corrected chi connectivity index (χ2v) is 7.84. The Morgan fingerprint density at radius 3 is 2.79 bits per heavy atom. The fraction of sp³-hybridized carbons (Fsp3) is 0.158. The lowest BCUT2D eigenvalue weighted by molar-refractivity contribution is -0.116. The summed E-state index contributed by atoms with van der Waals surface area (Å²) in [6, 6.07) is 18.4. The lowest BCUT2D eigenvalue weighted by Crippen LogP contribution is -2.12. The van der Waals surface area contributed by atoms with E-state index in [0.29, 0.717) is 11.6 Å². The summed E-state index contributed by atoms with van der Waals surface area (Å²) in [4.78, 5) is 17.5. The number of aryl methyl sites for hydroxylation is 2. The predicted molar refractivity (Wildman–Crippen MR) is 101 cm³/mol. The van der Waals surface area contributed by atoms with Crippen LogP contribution in [-0.4, -0.2) is 10.9 Å². The van der Waals surface area contributed by atoms with E-state index in [1.54, 1.807) is 18.0 Å². The smallest absolute Gasteiger partial charge is 0.226 e. The first-order valence-corrected chi connectivity index (χ1v) is 9.36. The summed E-state index contributed by atoms with van der Waals surface area (Å²) in [5.74, 6) is 0.00196. The average Bonchev–Trinajstić information content (AvgIpc) is 3.01. The molecule has 3 aromatic rings. The van der Waals surface area contributed by atoms with Crippen molar-refractivity contribution in [2.75, 3.05) is 5.32 Å². The molecule has 0 spiro atoms. The quantitative estimate of drug-likeness (QED) is 0.664. The van der Waals surface area contributed by atoms with Gasteiger partial charge in [0.25, 0.3) is 0 Å². The number of nitrogens with one attached hydrogen (secondary N) is 1. The van der Waals surface area contributed by atoms with Gasteiger partial charge in [-0.2, -0.15) is 0 Å². The number of carbonyl (C=O) groups excluding carboxylic acids is 1. The van der Waals surface area contributed by atoms with E-state index in [1.807, 2.05) is 24.3 Å². The van der Waals surface area contributed by atoms with Gasteiger partial charge in [-0.05, 0) is 31.0 Å². The van der Waals surface area contributed by atoms with Crippen LogP contribution in [0.1, 0.15) is 17.5 Å². The summed E-state index contributed by atoms with van der Waals surface area (Å²) in [5.41, 5.74) is 2.40. The number of nitrogens with zero attached hydrogens (tertiary/aromatic N) is 1. The molecule has 1 aromatic heterocycles. The summed E-state index contributed by atoms with van der Waals surface area (Å²) in [7, 11) is 0. The normalized spacial score (nSPS) is 10.5. The highest BCUT2D eigenvalue weighted by molar-refractivity contribution is 8.01. The second-order valence-electron chi connectivity index (χ2n) is 5.44. The average molecular weight is 355 g/mol. The fourth-order valence-electron chi connectivity index (χ4n) is 2.28. The van der Waals surface area contributed by atoms with Crippen molar-refractivity contribution in [2.45, 2.75) is 28.9 Å². The first kappa shape index (κ1) is 16.7. The molecule has 0 aliphatic rings. The molecule has 24 heavy (non-hydrogen) atoms. The second kappa shape index (κ2) is 8.13. The lowest BCUT2D eigenvalue weighted by atomic mass is 10.1. The number of rotatable bonds is 6. The molecule has 0 saturated heterocycles. The predicted octanol–water partition coefficient (Wildman–Crippen LogP) is 5.17. The molecule has 0 fully saturated rings. The van der Waals surface area contributed by atoms with E-state index in [0.717, 1.165) is 10.6 Å². The highest BCUT2D eigenvalue weighted by atomic mass is 32.2. The molecule has 1 amide bonds. The minimum Gasteiger partial charge on any atom is -0.302 e. The van der Waals surface area contributed by atoms with Crippen LogP contribution >= 0.6 is 23.1 Å². The molecule has 5 heteroatoms. The van der Waals surface area contributed by atoms with Gasteiger partial charge in [-0.3, -0.25) is 4.79 Å². The van der Waals surface area contributed by atoms with Crippen molar-refractivity contribution >= 4 is 34.1 Å². The van der Waals surface area contributed by atoms with Gasteiger partial charge in [-0.15, -0.1) is 0 Å². The third-order valence-electron chi connectivity index (χ3n) is 3.42. The summed E-state index contributed by atoms with van der Waals surface area (Å²) >= 11 is 3.15. The molecule has 122 valence electrons. The molecule has 0 aliphatic carbocycles. The minimum absolute atomic E-state index is 0.00196. The van der Waals surface area contributed by atoms with Crippen molar-refractivity contribution in [2.24, 2.45) is 0 Å². The number of hydrogen-bond donors (Lipinski definition) is 1. The van der Waals surface area contributed by atoms with E-state index < -0.39 is 0 Å². The molecule has 0 radical (unpaired) electrons. The number of benzene rings is 2. The summed E-state index contributed by atoms with van der Waals surface area (Å²) < 4.78 is 1.06. The lowest BCUT2D eigenvalue weighted by Gasteiger charge is -2.03. The fourth-order valence-corrected chi connectivity index (χ4v) is 4.17. The zero-order chi connectivity index (χ0) is 16.8. The molecule has 1 heterocycles. The number of amides is 1. The highest BCUT2D eigenvalue weighted by Crippen LogP contribution is 2.33. The van der Waals surface area contributed by atoms with Crippen LogP contribution < -0.4 is 5.32 Å². The van der Waals surface area contributed by atoms with Crippen molar-refractivity contribution in [3.63, 3.8) is 0 Å². The van der Waals surface area contributed by atoms with Gasteiger partial charge in [0.15, 0.2) is 5.13 Å². The van der Waals surface area contributed by atoms with Crippen LogP contribution in [-0.2, 0) is 11.2 Å². The van der Waals surface area contributed by atoms with Gasteiger partial charge in [0.2, 0.25) is 5.91 Å². The van der Waals surface area contributed by atoms with E-state index in [1.165, 1.54) is 27.4 Å². The molecule has 0 saturated carbocycles. The Hall–Kier alpha value is -2.11. The molecule has 3 rings (SSSR count). The minimum atomic E-state index is 0.00196. The Morgan fingerprint density at radius 1 is 1.17 bits per heavy atom. The maximum Gasteiger partial charge on any atom is 0.226 e. The van der Waals surface area contributed by atoms with Gasteiger partial charge in [-0.25, -0.2) is 4.98 Å². The van der Waals surface area contributed by atoms with E-state index in [9.17, 15) is 4.79 Å². The van der Waals surface area contributed by atoms with Crippen molar-refractivity contribution in [1.29, 1.82) is 0 Å². The maximum atomic E-state index is 12.1. The molecule has 0 aliphatic heterocycles. The van der Waals surface area contributed by atoms with E-state index in [4.69, 9.17) is 0 Å². The van der Waals surface area contributed by atoms with Crippen LogP contribution in [0.15, 0.2) is 69.9 Å². The van der Waals surface area contributed by atoms with Gasteiger partial charge >= 0.3 is 0 Å². The molecular formula is C19H18N2OS2. The Bertz CT molecular complexity index is 815. The molecule has 1 N–H and O–H groups in total. The van der Waals surface area contributed by atoms with Crippen LogP contribution in [0.3, 0.4) is 0 Å². The van der Waals surface area contributed by atoms with Crippen LogP contribution in [0.2, 0.25) is 0 Å². The van der Waals surface area contributed by atoms with Crippen LogP contribution in [0.5, 0.6) is 0 Å². The van der Waals surface area contributed by atoms with Crippen LogP contribution in [0.25, 0.3) is 0 Å². The summed E-state index contributed by atoms with van der Waals surface area (Å²) in [6.07, 6.45) is 3.01. The van der Waals surface area contributed by atoms with Gasteiger partial charge in [0.05, 0.1) is 10.4 Å². The van der Waals surface area contributed by atoms with Crippen molar-refractivity contribution in [3.8, 4) is 0 Å². The van der Waals surface area contributed by atoms with Crippen LogP contribution in [0.4, 0.5) is 5.13 Å². The zero-order valence-corrected chi connectivity index (χ0v) is 15.0. The Balaban J connectivity index is 1.51. The van der Waals surface area contributed by atoms with E-state index in [-0.39, 0.29) is 5.91 Å². The number of thiazole rings is 1. The number of anilines is 1. The first-order valence-electron chi connectivity index (χ1n) is 7.73. The van der Waals surface area contributed by atoms with Crippen molar-refractivity contribution < 1.29 is 4.79 Å². The number of aromatic nitrogens is 1. The van der Waals surface area contributed by atoms with E-state index >= 15 is 0 Å². The van der Waals surface area contributed by atoms with E-state index in [2.05, 4.69) is 47.6 Å². The first-order chi connectivity index (χ1) is 11.7. The standard InChI is InChI=1S/C19H18N2OS2/c1-14-6-5-7-15(12-14)10-11-17(22)21-19-20-13-18(24-19)23-16-8-3-2-4-9-16/h2-9,12-13H,10-11H2,1H3,(H,20,21,22). The monoisotopic (exact) mass is 354 g/mol. The SMILES string of the molecule is Cc1cccc(CCC(=O)Nc2ncc(Sc3ccccc3)s2)c1. The molecule has 0 unspecified atom stereocenters. The number of carbonyl (C=O) groups is 1. The third kappa shape index (κ3) is 4.94. The summed E-state index contributed by atoms with van der Waals surface area (Å²) in [6.45, 7) is 2.06. The molecular weight excluding hydrogens is 336 g/mol. The Labute approximate surface area is 150 Å². The Kier molecular flexibility index (Phi) is 5.67. The molecule has 3 nitrogen and oxygen atoms in total. The molecule has 2 aromatic carbocycles. The largest absolute Gasteiger partial charge is 0.302 e. The number of hydrogen-bond acceptors (Lipinski definition) is 4. The highest BCUT2D eigenvalue weighted by Gasteiger charge is 2.08. The van der Waals surface area contributed by atoms with Crippen molar-refractivity contribution in [3.05, 3.63) is 71.9 Å². The molecule has 0 atom stereocenters. The third-order valence-corrected chi connectivity index (χ3v) is 5.44. The zero-order valence-electron chi connectivity index (χ0n) is 13.4. The van der Waals surface area contributed by atoms with Gasteiger partial charge in [0.1, 0.15) is 0 Å². The Morgan fingerprint density at radius 2 is 2.00 bits per heavy atom. The van der Waals surface area contributed by atoms with Gasteiger partial charge < -0.3 is 5.32 Å².